The number of pyridine rings is 2. The number of benzene rings is 8. The normalized spacial score (nSPS) is 12.3. The van der Waals surface area contributed by atoms with Gasteiger partial charge in [-0.15, -0.1) is 0 Å². The van der Waals surface area contributed by atoms with Gasteiger partial charge in [0.1, 0.15) is 10.4 Å². The third-order valence-corrected chi connectivity index (χ3v) is 12.1. The highest BCUT2D eigenvalue weighted by atomic mass is 79.9. The fourth-order valence-electron chi connectivity index (χ4n) is 8.19. The van der Waals surface area contributed by atoms with Crippen LogP contribution in [0.2, 0.25) is 0 Å². The van der Waals surface area contributed by atoms with Crippen LogP contribution in [0, 0.1) is 0 Å². The molecular formula is C62H55BrN6. The maximum Gasteiger partial charge on any atom is 0.126 e. The standard InChI is InChI=1S/C31H27N3.C26H24N2.C5H4BrN/c1-4-14-24(15-5-1)27-20-10-11-21-28(27)33-30(25-16-6-2-7-17-25)31(26-18-8-3-9-19-26)34-29-22-12-13-23-32-29;27-25(21-14-6-2-7-15-21)26(22-16-8-3-9-17-22)28-24-19-11-10-18-23(24)20-12-4-1-5-13-20;6-5-3-1-2-4-7-5/h1-23,30-31,33H,(H,32,34);1-19,25-26,28H,27H2;1-4H/t30-,31-;25-,26-;/m00./s1. The van der Waals surface area contributed by atoms with Crippen LogP contribution in [0.15, 0.2) is 284 Å². The van der Waals surface area contributed by atoms with Gasteiger partial charge in [-0.3, -0.25) is 0 Å². The summed E-state index contributed by atoms with van der Waals surface area (Å²) in [7, 11) is 0. The molecule has 340 valence electrons. The van der Waals surface area contributed by atoms with E-state index in [2.05, 4.69) is 242 Å². The minimum absolute atomic E-state index is 0.0459. The third-order valence-electron chi connectivity index (χ3n) is 11.6. The molecule has 0 bridgehead atoms. The van der Waals surface area contributed by atoms with Crippen molar-refractivity contribution in [2.75, 3.05) is 16.0 Å². The molecule has 10 aromatic rings. The van der Waals surface area contributed by atoms with Crippen LogP contribution in [-0.4, -0.2) is 9.97 Å². The number of halogens is 1. The largest absolute Gasteiger partial charge is 0.376 e. The molecule has 5 N–H and O–H groups in total. The molecule has 0 saturated carbocycles. The Hall–Kier alpha value is -8.10. The third kappa shape index (κ3) is 13.5. The molecule has 0 amide bonds. The Morgan fingerprint density at radius 2 is 0.667 bits per heavy atom. The van der Waals surface area contributed by atoms with Gasteiger partial charge in [0.05, 0.1) is 24.2 Å². The molecule has 69 heavy (non-hydrogen) atoms. The molecule has 0 unspecified atom stereocenters. The number of para-hydroxylation sites is 2. The minimum atomic E-state index is -0.174. The number of nitrogens with zero attached hydrogens (tertiary/aromatic N) is 2. The lowest BCUT2D eigenvalue weighted by Gasteiger charge is -2.32. The Bertz CT molecular complexity index is 2990. The van der Waals surface area contributed by atoms with E-state index in [4.69, 9.17) is 5.73 Å². The van der Waals surface area contributed by atoms with E-state index >= 15 is 0 Å². The Morgan fingerprint density at radius 3 is 1.07 bits per heavy atom. The van der Waals surface area contributed by atoms with Crippen molar-refractivity contribution >= 4 is 33.1 Å². The summed E-state index contributed by atoms with van der Waals surface area (Å²) in [6.07, 6.45) is 3.56. The molecule has 2 aromatic heterocycles. The molecule has 6 nitrogen and oxygen atoms in total. The van der Waals surface area contributed by atoms with Crippen molar-refractivity contribution in [1.29, 1.82) is 0 Å². The maximum atomic E-state index is 6.75. The van der Waals surface area contributed by atoms with Crippen molar-refractivity contribution in [3.05, 3.63) is 306 Å². The highest BCUT2D eigenvalue weighted by Crippen LogP contribution is 2.38. The summed E-state index contributed by atoms with van der Waals surface area (Å²) in [4.78, 5) is 8.45. The van der Waals surface area contributed by atoms with Gasteiger partial charge >= 0.3 is 0 Å². The molecule has 0 saturated heterocycles. The van der Waals surface area contributed by atoms with E-state index in [9.17, 15) is 0 Å². The average molecular weight is 964 g/mol. The van der Waals surface area contributed by atoms with E-state index in [1.807, 2.05) is 72.9 Å². The fraction of sp³-hybridized carbons (Fsp3) is 0.0645. The zero-order valence-corrected chi connectivity index (χ0v) is 39.8. The summed E-state index contributed by atoms with van der Waals surface area (Å²) in [6.45, 7) is 0. The van der Waals surface area contributed by atoms with Crippen LogP contribution in [0.5, 0.6) is 0 Å². The highest BCUT2D eigenvalue weighted by molar-refractivity contribution is 9.10. The Kier molecular flexibility index (Phi) is 17.3. The minimum Gasteiger partial charge on any atom is -0.376 e. The van der Waals surface area contributed by atoms with E-state index in [0.717, 1.165) is 27.4 Å². The summed E-state index contributed by atoms with van der Waals surface area (Å²) >= 11 is 3.20. The highest BCUT2D eigenvalue weighted by Gasteiger charge is 2.27. The first kappa shape index (κ1) is 47.4. The van der Waals surface area contributed by atoms with E-state index in [-0.39, 0.29) is 24.2 Å². The second kappa shape index (κ2) is 25.1. The average Bonchev–Trinajstić information content (AvgIpc) is 3.43. The zero-order valence-electron chi connectivity index (χ0n) is 38.2. The molecule has 0 fully saturated rings. The number of rotatable bonds is 14. The van der Waals surface area contributed by atoms with Crippen molar-refractivity contribution in [1.82, 2.24) is 9.97 Å². The van der Waals surface area contributed by atoms with Gasteiger partial charge in [-0.1, -0.05) is 231 Å². The Balaban J connectivity index is 0.000000165. The van der Waals surface area contributed by atoms with Crippen LogP contribution in [0.25, 0.3) is 22.3 Å². The first-order valence-electron chi connectivity index (χ1n) is 23.1. The second-order valence-corrected chi connectivity index (χ2v) is 17.0. The van der Waals surface area contributed by atoms with Crippen molar-refractivity contribution in [3.63, 3.8) is 0 Å². The Labute approximate surface area is 415 Å². The van der Waals surface area contributed by atoms with Gasteiger partial charge in [-0.25, -0.2) is 9.97 Å². The van der Waals surface area contributed by atoms with E-state index in [1.54, 1.807) is 6.20 Å². The summed E-state index contributed by atoms with van der Waals surface area (Å²) in [6, 6.07) is 91.0. The molecule has 2 heterocycles. The van der Waals surface area contributed by atoms with Crippen LogP contribution in [0.4, 0.5) is 17.2 Å². The van der Waals surface area contributed by atoms with E-state index < -0.39 is 0 Å². The predicted octanol–water partition coefficient (Wildman–Crippen LogP) is 15.8. The zero-order chi connectivity index (χ0) is 47.3. The van der Waals surface area contributed by atoms with Gasteiger partial charge in [-0.2, -0.15) is 0 Å². The summed E-state index contributed by atoms with van der Waals surface area (Å²) in [5, 5.41) is 11.3. The first-order valence-corrected chi connectivity index (χ1v) is 23.9. The molecule has 0 spiro atoms. The number of aromatic nitrogens is 2. The topological polar surface area (TPSA) is 87.9 Å². The molecule has 10 rings (SSSR count). The lowest BCUT2D eigenvalue weighted by Crippen LogP contribution is -2.26. The molecule has 8 aromatic carbocycles. The molecule has 7 heteroatoms. The van der Waals surface area contributed by atoms with Gasteiger partial charge < -0.3 is 21.7 Å². The van der Waals surface area contributed by atoms with Gasteiger partial charge in [0.15, 0.2) is 0 Å². The molecule has 0 aliphatic heterocycles. The van der Waals surface area contributed by atoms with Crippen LogP contribution in [-0.2, 0) is 0 Å². The molecule has 0 radical (unpaired) electrons. The maximum absolute atomic E-state index is 6.75. The van der Waals surface area contributed by atoms with Crippen molar-refractivity contribution < 1.29 is 0 Å². The van der Waals surface area contributed by atoms with Crippen molar-refractivity contribution in [3.8, 4) is 22.3 Å². The lowest BCUT2D eigenvalue weighted by molar-refractivity contribution is 0.610. The van der Waals surface area contributed by atoms with Crippen molar-refractivity contribution in [2.24, 2.45) is 5.73 Å². The number of anilines is 3. The van der Waals surface area contributed by atoms with Gasteiger partial charge in [0.25, 0.3) is 0 Å². The lowest BCUT2D eigenvalue weighted by atomic mass is 9.92. The number of hydrogen-bond donors (Lipinski definition) is 4. The first-order chi connectivity index (χ1) is 34.1. The molecule has 0 aliphatic carbocycles. The van der Waals surface area contributed by atoms with Crippen LogP contribution in [0.1, 0.15) is 46.4 Å². The van der Waals surface area contributed by atoms with Crippen LogP contribution < -0.4 is 21.7 Å². The smallest absolute Gasteiger partial charge is 0.126 e. The van der Waals surface area contributed by atoms with Gasteiger partial charge in [0.2, 0.25) is 0 Å². The predicted molar refractivity (Wildman–Crippen MR) is 292 cm³/mol. The molecule has 0 aliphatic rings. The summed E-state index contributed by atoms with van der Waals surface area (Å²) < 4.78 is 0.884. The van der Waals surface area contributed by atoms with E-state index in [1.165, 1.54) is 38.9 Å². The number of hydrogen-bond acceptors (Lipinski definition) is 6. The second-order valence-electron chi connectivity index (χ2n) is 16.2. The fourth-order valence-corrected chi connectivity index (χ4v) is 8.46. The molecular weight excluding hydrogens is 909 g/mol. The SMILES string of the molecule is Brc1ccccn1.N[C@@H](c1ccccc1)[C@@H](Nc1ccccc1-c1ccccc1)c1ccccc1.c1ccc(-c2ccccc2N[C@@H](c2ccccc2)[C@@H](Nc2ccccn2)c2ccccc2)cc1. The van der Waals surface area contributed by atoms with Gasteiger partial charge in [-0.05, 0) is 85.7 Å². The summed E-state index contributed by atoms with van der Waals surface area (Å²) in [5.74, 6) is 0.843. The van der Waals surface area contributed by atoms with Crippen molar-refractivity contribution in [2.45, 2.75) is 24.2 Å². The van der Waals surface area contributed by atoms with E-state index in [0.29, 0.717) is 0 Å². The van der Waals surface area contributed by atoms with Crippen LogP contribution in [0.3, 0.4) is 0 Å². The monoisotopic (exact) mass is 962 g/mol. The van der Waals surface area contributed by atoms with Gasteiger partial charge in [0, 0.05) is 34.9 Å². The number of nitrogens with two attached hydrogens (primary N) is 1. The molecule has 4 atom stereocenters. The Morgan fingerprint density at radius 1 is 0.319 bits per heavy atom. The quantitative estimate of drug-likeness (QED) is 0.0812. The van der Waals surface area contributed by atoms with Crippen LogP contribution >= 0.6 is 15.9 Å². The summed E-state index contributed by atoms with van der Waals surface area (Å²) in [5.41, 5.74) is 18.3. The number of nitrogens with one attached hydrogen (secondary N) is 3.